The number of aromatic nitrogens is 1. The van der Waals surface area contributed by atoms with Gasteiger partial charge in [-0.05, 0) is 36.2 Å². The maximum absolute atomic E-state index is 5.91. The number of rotatable bonds is 2. The van der Waals surface area contributed by atoms with Crippen LogP contribution in [0.3, 0.4) is 0 Å². The van der Waals surface area contributed by atoms with Gasteiger partial charge in [0.15, 0.2) is 0 Å². The molecule has 0 amide bonds. The van der Waals surface area contributed by atoms with Crippen molar-refractivity contribution >= 4 is 11.4 Å². The Morgan fingerprint density at radius 3 is 2.69 bits per heavy atom. The Morgan fingerprint density at radius 2 is 2.00 bits per heavy atom. The highest BCUT2D eigenvalue weighted by atomic mass is 14.7. The van der Waals surface area contributed by atoms with Crippen LogP contribution in [0.15, 0.2) is 36.5 Å². The number of aryl methyl sites for hydroxylation is 1. The molecule has 0 spiro atoms. The first-order valence-electron chi connectivity index (χ1n) is 5.20. The summed E-state index contributed by atoms with van der Waals surface area (Å²) >= 11 is 0. The summed E-state index contributed by atoms with van der Waals surface area (Å²) in [5.41, 5.74) is 16.2. The quantitative estimate of drug-likeness (QED) is 0.751. The fourth-order valence-electron chi connectivity index (χ4n) is 1.66. The largest absolute Gasteiger partial charge is 0.399 e. The van der Waals surface area contributed by atoms with E-state index >= 15 is 0 Å². The van der Waals surface area contributed by atoms with E-state index in [1.807, 2.05) is 43.5 Å². The predicted octanol–water partition coefficient (Wildman–Crippen LogP) is 2.15. The third kappa shape index (κ3) is 2.31. The molecule has 0 aliphatic rings. The van der Waals surface area contributed by atoms with E-state index in [0.29, 0.717) is 0 Å². The lowest BCUT2D eigenvalue weighted by Crippen LogP contribution is -2.00. The minimum atomic E-state index is 0.719. The molecule has 1 aromatic carbocycles. The van der Waals surface area contributed by atoms with Crippen molar-refractivity contribution in [2.75, 3.05) is 11.5 Å². The van der Waals surface area contributed by atoms with Crippen molar-refractivity contribution in [3.05, 3.63) is 53.3 Å². The second kappa shape index (κ2) is 4.23. The van der Waals surface area contributed by atoms with E-state index in [2.05, 4.69) is 4.98 Å². The van der Waals surface area contributed by atoms with Gasteiger partial charge in [0.05, 0.1) is 11.4 Å². The van der Waals surface area contributed by atoms with Crippen LogP contribution in [0.1, 0.15) is 16.8 Å². The van der Waals surface area contributed by atoms with Crippen molar-refractivity contribution in [3.8, 4) is 0 Å². The van der Waals surface area contributed by atoms with Crippen molar-refractivity contribution in [1.82, 2.24) is 4.98 Å². The molecule has 2 rings (SSSR count). The highest BCUT2D eigenvalue weighted by Gasteiger charge is 2.02. The molecular weight excluding hydrogens is 198 g/mol. The summed E-state index contributed by atoms with van der Waals surface area (Å²) in [4.78, 5) is 4.34. The number of hydrogen-bond donors (Lipinski definition) is 2. The summed E-state index contributed by atoms with van der Waals surface area (Å²) in [7, 11) is 0. The van der Waals surface area contributed by atoms with E-state index in [4.69, 9.17) is 11.5 Å². The molecule has 0 bridgehead atoms. The van der Waals surface area contributed by atoms with Crippen molar-refractivity contribution in [1.29, 1.82) is 0 Å². The Hall–Kier alpha value is -2.03. The fourth-order valence-corrected chi connectivity index (χ4v) is 1.66. The summed E-state index contributed by atoms with van der Waals surface area (Å²) in [5.74, 6) is 0. The number of nitrogen functional groups attached to an aromatic ring is 2. The second-order valence-corrected chi connectivity index (χ2v) is 3.97. The molecule has 0 saturated carbocycles. The van der Waals surface area contributed by atoms with Crippen LogP contribution in [0, 0.1) is 6.92 Å². The van der Waals surface area contributed by atoms with Gasteiger partial charge in [0.1, 0.15) is 0 Å². The minimum absolute atomic E-state index is 0.719. The van der Waals surface area contributed by atoms with Gasteiger partial charge in [-0.15, -0.1) is 0 Å². The Balaban J connectivity index is 2.27. The van der Waals surface area contributed by atoms with Gasteiger partial charge >= 0.3 is 0 Å². The smallest absolute Gasteiger partial charge is 0.0676 e. The summed E-state index contributed by atoms with van der Waals surface area (Å²) in [6.07, 6.45) is 2.55. The van der Waals surface area contributed by atoms with Crippen LogP contribution >= 0.6 is 0 Å². The number of hydrogen-bond acceptors (Lipinski definition) is 3. The SMILES string of the molecule is Cc1cnc(Cc2cccc(N)c2)c(N)c1. The number of nitrogens with zero attached hydrogens (tertiary/aromatic N) is 1. The van der Waals surface area contributed by atoms with Gasteiger partial charge in [-0.25, -0.2) is 0 Å². The van der Waals surface area contributed by atoms with Gasteiger partial charge in [0, 0.05) is 18.3 Å². The van der Waals surface area contributed by atoms with Crippen molar-refractivity contribution in [2.24, 2.45) is 0 Å². The molecule has 0 saturated heterocycles. The van der Waals surface area contributed by atoms with E-state index in [9.17, 15) is 0 Å². The average molecular weight is 213 g/mol. The van der Waals surface area contributed by atoms with Crippen LogP contribution in [0.5, 0.6) is 0 Å². The zero-order valence-corrected chi connectivity index (χ0v) is 9.27. The zero-order valence-electron chi connectivity index (χ0n) is 9.27. The van der Waals surface area contributed by atoms with E-state index in [-0.39, 0.29) is 0 Å². The first-order valence-corrected chi connectivity index (χ1v) is 5.20. The van der Waals surface area contributed by atoms with Gasteiger partial charge in [-0.2, -0.15) is 0 Å². The van der Waals surface area contributed by atoms with Crippen LogP contribution in [0.2, 0.25) is 0 Å². The lowest BCUT2D eigenvalue weighted by molar-refractivity contribution is 1.07. The highest BCUT2D eigenvalue weighted by Crippen LogP contribution is 2.16. The number of benzene rings is 1. The fraction of sp³-hybridized carbons (Fsp3) is 0.154. The maximum atomic E-state index is 5.91. The van der Waals surface area contributed by atoms with E-state index < -0.39 is 0 Å². The van der Waals surface area contributed by atoms with Crippen molar-refractivity contribution < 1.29 is 0 Å². The monoisotopic (exact) mass is 213 g/mol. The molecule has 3 nitrogen and oxygen atoms in total. The molecule has 1 heterocycles. The Labute approximate surface area is 95.1 Å². The lowest BCUT2D eigenvalue weighted by atomic mass is 10.1. The summed E-state index contributed by atoms with van der Waals surface area (Å²) in [6, 6.07) is 9.72. The van der Waals surface area contributed by atoms with Gasteiger partial charge in [-0.3, -0.25) is 4.98 Å². The summed E-state index contributed by atoms with van der Waals surface area (Å²) in [6.45, 7) is 1.98. The van der Waals surface area contributed by atoms with Crippen LogP contribution in [0.25, 0.3) is 0 Å². The van der Waals surface area contributed by atoms with Gasteiger partial charge in [0.25, 0.3) is 0 Å². The number of anilines is 2. The third-order valence-electron chi connectivity index (χ3n) is 2.46. The molecule has 82 valence electrons. The molecule has 16 heavy (non-hydrogen) atoms. The molecule has 0 aliphatic heterocycles. The molecule has 0 atom stereocenters. The molecule has 1 aromatic heterocycles. The van der Waals surface area contributed by atoms with Crippen LogP contribution in [-0.4, -0.2) is 4.98 Å². The van der Waals surface area contributed by atoms with Crippen molar-refractivity contribution in [3.63, 3.8) is 0 Å². The summed E-state index contributed by atoms with van der Waals surface area (Å²) in [5, 5.41) is 0. The normalized spacial score (nSPS) is 10.3. The zero-order chi connectivity index (χ0) is 11.5. The molecule has 0 aliphatic carbocycles. The highest BCUT2D eigenvalue weighted by molar-refractivity contribution is 5.48. The van der Waals surface area contributed by atoms with Gasteiger partial charge in [-0.1, -0.05) is 12.1 Å². The van der Waals surface area contributed by atoms with Gasteiger partial charge in [0.2, 0.25) is 0 Å². The molecule has 0 fully saturated rings. The molecule has 2 aromatic rings. The topological polar surface area (TPSA) is 64.9 Å². The Morgan fingerprint density at radius 1 is 1.19 bits per heavy atom. The molecule has 0 radical (unpaired) electrons. The molecule has 3 heteroatoms. The summed E-state index contributed by atoms with van der Waals surface area (Å²) < 4.78 is 0. The number of nitrogens with two attached hydrogens (primary N) is 2. The van der Waals surface area contributed by atoms with Crippen LogP contribution in [0.4, 0.5) is 11.4 Å². The van der Waals surface area contributed by atoms with Crippen LogP contribution in [-0.2, 0) is 6.42 Å². The van der Waals surface area contributed by atoms with E-state index in [1.54, 1.807) is 0 Å². The Bertz CT molecular complexity index is 506. The third-order valence-corrected chi connectivity index (χ3v) is 2.46. The second-order valence-electron chi connectivity index (χ2n) is 3.97. The minimum Gasteiger partial charge on any atom is -0.399 e. The van der Waals surface area contributed by atoms with E-state index in [1.165, 1.54) is 0 Å². The van der Waals surface area contributed by atoms with Gasteiger partial charge < -0.3 is 11.5 Å². The first-order chi connectivity index (χ1) is 7.65. The van der Waals surface area contributed by atoms with Crippen LogP contribution < -0.4 is 11.5 Å². The molecular formula is C13H15N3. The predicted molar refractivity (Wildman–Crippen MR) is 67.0 cm³/mol. The first kappa shape index (κ1) is 10.5. The van der Waals surface area contributed by atoms with Crippen molar-refractivity contribution in [2.45, 2.75) is 13.3 Å². The lowest BCUT2D eigenvalue weighted by Gasteiger charge is -2.06. The average Bonchev–Trinajstić information content (AvgIpc) is 2.22. The molecule has 4 N–H and O–H groups in total. The standard InChI is InChI=1S/C13H15N3/c1-9-5-12(15)13(16-8-9)7-10-3-2-4-11(14)6-10/h2-6,8H,7,14-15H2,1H3. The maximum Gasteiger partial charge on any atom is 0.0676 e. The molecule has 0 unspecified atom stereocenters. The van der Waals surface area contributed by atoms with E-state index in [0.717, 1.165) is 34.6 Å². The Kier molecular flexibility index (Phi) is 2.77. The number of pyridine rings is 1.